The van der Waals surface area contributed by atoms with Crippen molar-refractivity contribution in [2.45, 2.75) is 123 Å². The highest BCUT2D eigenvalue weighted by atomic mass is 16.6. The SMILES string of the molecule is CCCCCCCCCCCCCCCCCCOCC(COC(=O)NCC)N1C(=O)c2ccccc2C1=O. The van der Waals surface area contributed by atoms with Gasteiger partial charge in [-0.1, -0.05) is 115 Å². The molecule has 0 fully saturated rings. The number of unbranched alkanes of at least 4 members (excludes halogenated alkanes) is 15. The minimum Gasteiger partial charge on any atom is -0.447 e. The topological polar surface area (TPSA) is 84.9 Å². The second-order valence-electron chi connectivity index (χ2n) is 10.7. The minimum absolute atomic E-state index is 0.101. The third-order valence-corrected chi connectivity index (χ3v) is 7.37. The Kier molecular flexibility index (Phi) is 17.2. The first-order chi connectivity index (χ1) is 19.1. The molecule has 1 atom stereocenters. The van der Waals surface area contributed by atoms with Crippen molar-refractivity contribution in [3.63, 3.8) is 0 Å². The van der Waals surface area contributed by atoms with Gasteiger partial charge in [-0.25, -0.2) is 4.79 Å². The minimum atomic E-state index is -0.666. The van der Waals surface area contributed by atoms with Crippen LogP contribution in [0.25, 0.3) is 0 Å². The Morgan fingerprint density at radius 1 is 0.718 bits per heavy atom. The number of nitrogens with one attached hydrogen (secondary N) is 1. The van der Waals surface area contributed by atoms with Gasteiger partial charge in [-0.3, -0.25) is 14.5 Å². The van der Waals surface area contributed by atoms with Gasteiger partial charge >= 0.3 is 6.09 Å². The van der Waals surface area contributed by atoms with Crippen LogP contribution in [0.1, 0.15) is 137 Å². The maximum Gasteiger partial charge on any atom is 0.407 e. The van der Waals surface area contributed by atoms with Crippen LogP contribution in [-0.4, -0.2) is 55.2 Å². The molecule has 7 nitrogen and oxygen atoms in total. The highest BCUT2D eigenvalue weighted by Crippen LogP contribution is 2.25. The van der Waals surface area contributed by atoms with E-state index in [1.165, 1.54) is 94.8 Å². The van der Waals surface area contributed by atoms with Crippen LogP contribution in [0.15, 0.2) is 24.3 Å². The summed E-state index contributed by atoms with van der Waals surface area (Å²) >= 11 is 0. The molecule has 0 spiro atoms. The lowest BCUT2D eigenvalue weighted by Crippen LogP contribution is -2.46. The molecule has 0 aromatic heterocycles. The number of hydrogen-bond donors (Lipinski definition) is 1. The molecule has 2 rings (SSSR count). The molecule has 1 N–H and O–H groups in total. The van der Waals surface area contributed by atoms with Crippen molar-refractivity contribution in [2.24, 2.45) is 0 Å². The molecule has 0 bridgehead atoms. The number of hydrogen-bond acceptors (Lipinski definition) is 5. The van der Waals surface area contributed by atoms with E-state index in [1.807, 2.05) is 0 Å². The summed E-state index contributed by atoms with van der Waals surface area (Å²) in [4.78, 5) is 38.8. The predicted molar refractivity (Wildman–Crippen MR) is 156 cm³/mol. The van der Waals surface area contributed by atoms with E-state index in [4.69, 9.17) is 9.47 Å². The molecule has 0 saturated heterocycles. The molecule has 39 heavy (non-hydrogen) atoms. The summed E-state index contributed by atoms with van der Waals surface area (Å²) in [5, 5.41) is 2.57. The lowest BCUT2D eigenvalue weighted by molar-refractivity contribution is 0.0216. The van der Waals surface area contributed by atoms with Gasteiger partial charge < -0.3 is 14.8 Å². The van der Waals surface area contributed by atoms with Crippen LogP contribution in [0, 0.1) is 0 Å². The van der Waals surface area contributed by atoms with E-state index < -0.39 is 12.1 Å². The Balaban J connectivity index is 1.56. The molecule has 220 valence electrons. The van der Waals surface area contributed by atoms with Gasteiger partial charge in [-0.15, -0.1) is 0 Å². The first-order valence-corrected chi connectivity index (χ1v) is 15.5. The summed E-state index contributed by atoms with van der Waals surface area (Å²) in [7, 11) is 0. The Bertz CT molecular complexity index is 809. The molecule has 1 unspecified atom stereocenters. The zero-order valence-corrected chi connectivity index (χ0v) is 24.5. The monoisotopic (exact) mass is 544 g/mol. The van der Waals surface area contributed by atoms with E-state index in [9.17, 15) is 14.4 Å². The van der Waals surface area contributed by atoms with Crippen LogP contribution in [0.2, 0.25) is 0 Å². The Labute approximate surface area is 236 Å². The van der Waals surface area contributed by atoms with E-state index in [0.717, 1.165) is 12.8 Å². The van der Waals surface area contributed by atoms with Crippen LogP contribution in [-0.2, 0) is 9.47 Å². The molecule has 7 heteroatoms. The average molecular weight is 545 g/mol. The summed E-state index contributed by atoms with van der Waals surface area (Å²) in [6.07, 6.45) is 20.4. The maximum atomic E-state index is 12.9. The number of amides is 3. The second kappa shape index (κ2) is 20.5. The summed E-state index contributed by atoms with van der Waals surface area (Å²) in [5.74, 6) is -0.739. The summed E-state index contributed by atoms with van der Waals surface area (Å²) < 4.78 is 11.1. The number of carbonyl (C=O) groups excluding carboxylic acids is 3. The van der Waals surface area contributed by atoms with Crippen molar-refractivity contribution in [3.8, 4) is 0 Å². The van der Waals surface area contributed by atoms with Gasteiger partial charge in [-0.2, -0.15) is 0 Å². The van der Waals surface area contributed by atoms with Crippen molar-refractivity contribution in [1.29, 1.82) is 0 Å². The standard InChI is InChI=1S/C32H52N2O5/c1-3-5-6-7-8-9-10-11-12-13-14-15-16-17-18-21-24-38-25-27(26-39-32(37)33-4-2)34-30(35)28-22-19-20-23-29(28)31(34)36/h19-20,22-23,27H,3-18,21,24-26H2,1-2H3,(H,33,37). The summed E-state index contributed by atoms with van der Waals surface area (Å²) in [5.41, 5.74) is 0.756. The molecular formula is C32H52N2O5. The molecule has 0 aliphatic carbocycles. The van der Waals surface area contributed by atoms with Crippen LogP contribution in [0.3, 0.4) is 0 Å². The molecule has 3 amide bonds. The lowest BCUT2D eigenvalue weighted by Gasteiger charge is -2.25. The summed E-state index contributed by atoms with van der Waals surface area (Å²) in [6.45, 7) is 5.10. The van der Waals surface area contributed by atoms with Gasteiger partial charge in [0, 0.05) is 13.2 Å². The van der Waals surface area contributed by atoms with Crippen molar-refractivity contribution in [3.05, 3.63) is 35.4 Å². The predicted octanol–water partition coefficient (Wildman–Crippen LogP) is 7.68. The largest absolute Gasteiger partial charge is 0.447 e. The molecule has 1 aliphatic rings. The fourth-order valence-corrected chi connectivity index (χ4v) is 5.08. The third-order valence-electron chi connectivity index (χ3n) is 7.37. The van der Waals surface area contributed by atoms with Gasteiger partial charge in [0.2, 0.25) is 0 Å². The van der Waals surface area contributed by atoms with Crippen molar-refractivity contribution in [2.75, 3.05) is 26.4 Å². The van der Waals surface area contributed by atoms with Crippen LogP contribution >= 0.6 is 0 Å². The first kappa shape index (κ1) is 32.8. The van der Waals surface area contributed by atoms with Crippen LogP contribution < -0.4 is 5.32 Å². The number of ether oxygens (including phenoxy) is 2. The smallest absolute Gasteiger partial charge is 0.407 e. The van der Waals surface area contributed by atoms with Gasteiger partial charge in [0.15, 0.2) is 0 Å². The fourth-order valence-electron chi connectivity index (χ4n) is 5.08. The quantitative estimate of drug-likeness (QED) is 0.113. The molecule has 0 saturated carbocycles. The van der Waals surface area contributed by atoms with Crippen molar-refractivity contribution >= 4 is 17.9 Å². The third kappa shape index (κ3) is 12.5. The average Bonchev–Trinajstić information content (AvgIpc) is 3.19. The van der Waals surface area contributed by atoms with Gasteiger partial charge in [-0.05, 0) is 25.5 Å². The number of rotatable bonds is 23. The Morgan fingerprint density at radius 2 is 1.18 bits per heavy atom. The zero-order chi connectivity index (χ0) is 28.1. The first-order valence-electron chi connectivity index (χ1n) is 15.5. The maximum absolute atomic E-state index is 12.9. The van der Waals surface area contributed by atoms with E-state index in [-0.39, 0.29) is 25.0 Å². The van der Waals surface area contributed by atoms with E-state index in [2.05, 4.69) is 12.2 Å². The molecule has 1 aromatic rings. The Morgan fingerprint density at radius 3 is 1.64 bits per heavy atom. The Hall–Kier alpha value is -2.41. The number of carbonyl (C=O) groups is 3. The van der Waals surface area contributed by atoms with Crippen molar-refractivity contribution < 1.29 is 23.9 Å². The summed E-state index contributed by atoms with van der Waals surface area (Å²) in [6, 6.07) is 6.10. The van der Waals surface area contributed by atoms with Gasteiger partial charge in [0.1, 0.15) is 6.61 Å². The second-order valence-corrected chi connectivity index (χ2v) is 10.7. The van der Waals surface area contributed by atoms with E-state index in [1.54, 1.807) is 31.2 Å². The highest BCUT2D eigenvalue weighted by Gasteiger charge is 2.40. The highest BCUT2D eigenvalue weighted by molar-refractivity contribution is 6.21. The van der Waals surface area contributed by atoms with Crippen molar-refractivity contribution in [1.82, 2.24) is 10.2 Å². The molecule has 1 aromatic carbocycles. The molecule has 0 radical (unpaired) electrons. The lowest BCUT2D eigenvalue weighted by atomic mass is 10.0. The van der Waals surface area contributed by atoms with E-state index in [0.29, 0.717) is 24.3 Å². The fraction of sp³-hybridized carbons (Fsp3) is 0.719. The number of alkyl carbamates (subject to hydrolysis) is 1. The van der Waals surface area contributed by atoms with Gasteiger partial charge in [0.25, 0.3) is 11.8 Å². The normalized spacial score (nSPS) is 13.5. The number of fused-ring (bicyclic) bond motifs is 1. The molecule has 1 aliphatic heterocycles. The molecular weight excluding hydrogens is 492 g/mol. The van der Waals surface area contributed by atoms with Crippen LogP contribution in [0.4, 0.5) is 4.79 Å². The number of nitrogens with zero attached hydrogens (tertiary/aromatic N) is 1. The van der Waals surface area contributed by atoms with E-state index >= 15 is 0 Å². The van der Waals surface area contributed by atoms with Crippen LogP contribution in [0.5, 0.6) is 0 Å². The molecule has 1 heterocycles. The zero-order valence-electron chi connectivity index (χ0n) is 24.5. The number of benzene rings is 1. The van der Waals surface area contributed by atoms with Gasteiger partial charge in [0.05, 0.1) is 23.8 Å². The number of imide groups is 1.